The molecule has 2 aliphatic rings. The van der Waals surface area contributed by atoms with E-state index in [2.05, 4.69) is 68.8 Å². The van der Waals surface area contributed by atoms with Crippen LogP contribution in [0.5, 0.6) is 0 Å². The van der Waals surface area contributed by atoms with Gasteiger partial charge in [-0.05, 0) is 86.0 Å². The van der Waals surface area contributed by atoms with Crippen molar-refractivity contribution in [3.8, 4) is 11.1 Å². The number of carbonyl (C=O) groups excluding carboxylic acids is 3. The number of hydrogen-bond acceptors (Lipinski definition) is 8. The number of alkyl carbamates (subject to hydrolysis) is 2. The molecule has 1 aliphatic carbocycles. The number of sulfone groups is 1. The van der Waals surface area contributed by atoms with Crippen LogP contribution in [0.4, 0.5) is 9.59 Å². The molecule has 3 aromatic carbocycles. The van der Waals surface area contributed by atoms with Gasteiger partial charge in [0.25, 0.3) is 0 Å². The topological polar surface area (TPSA) is 140 Å². The number of fused-ring (bicyclic) bond motifs is 3. The van der Waals surface area contributed by atoms with E-state index in [1.165, 1.54) is 0 Å². The van der Waals surface area contributed by atoms with Crippen LogP contribution in [0.15, 0.2) is 78.9 Å². The highest BCUT2D eigenvalue weighted by atomic mass is 32.2. The van der Waals surface area contributed by atoms with Gasteiger partial charge >= 0.3 is 12.2 Å². The van der Waals surface area contributed by atoms with E-state index in [9.17, 15) is 18.0 Å². The van der Waals surface area contributed by atoms with E-state index in [1.54, 1.807) is 4.90 Å². The van der Waals surface area contributed by atoms with Crippen molar-refractivity contribution in [1.29, 1.82) is 0 Å². The fraction of sp³-hybridized carbons (Fsp3) is 0.543. The molecule has 1 heterocycles. The summed E-state index contributed by atoms with van der Waals surface area (Å²) in [6.07, 6.45) is 1.59. The summed E-state index contributed by atoms with van der Waals surface area (Å²) in [6, 6.07) is 23.9. The molecule has 3 atom stereocenters. The van der Waals surface area contributed by atoms with Gasteiger partial charge in [0.05, 0.1) is 23.7 Å². The molecule has 1 fully saturated rings. The predicted octanol–water partition coefficient (Wildman–Crippen LogP) is 8.63. The third-order valence-electron chi connectivity index (χ3n) is 11.7. The Balaban J connectivity index is 1.37. The van der Waals surface area contributed by atoms with E-state index in [-0.39, 0.29) is 54.4 Å². The molecule has 13 heteroatoms. The first-order valence-corrected chi connectivity index (χ1v) is 25.8. The van der Waals surface area contributed by atoms with Gasteiger partial charge in [-0.25, -0.2) is 18.0 Å². The zero-order valence-corrected chi connectivity index (χ0v) is 38.0. The summed E-state index contributed by atoms with van der Waals surface area (Å²) in [7, 11) is -5.89. The summed E-state index contributed by atoms with van der Waals surface area (Å²) in [5.74, 6) is -0.769. The Kier molecular flexibility index (Phi) is 15.1. The number of rotatable bonds is 16. The van der Waals surface area contributed by atoms with Crippen molar-refractivity contribution in [2.45, 2.75) is 128 Å². The van der Waals surface area contributed by atoms with Crippen LogP contribution in [0.1, 0.15) is 96.3 Å². The van der Waals surface area contributed by atoms with Crippen LogP contribution in [0.2, 0.25) is 18.1 Å². The lowest BCUT2D eigenvalue weighted by molar-refractivity contribution is -0.137. The van der Waals surface area contributed by atoms with Crippen LogP contribution in [-0.4, -0.2) is 94.7 Å². The van der Waals surface area contributed by atoms with Gasteiger partial charge in [-0.3, -0.25) is 4.79 Å². The minimum Gasteiger partial charge on any atom is -0.449 e. The molecule has 11 nitrogen and oxygen atoms in total. The maximum atomic E-state index is 15.1. The summed E-state index contributed by atoms with van der Waals surface area (Å²) in [6.45, 7) is 17.0. The van der Waals surface area contributed by atoms with Gasteiger partial charge < -0.3 is 29.4 Å². The van der Waals surface area contributed by atoms with Crippen molar-refractivity contribution in [2.75, 3.05) is 31.2 Å². The van der Waals surface area contributed by atoms with Crippen molar-refractivity contribution in [2.24, 2.45) is 0 Å². The number of nitrogens with zero attached hydrogens (tertiary/aromatic N) is 1. The standard InChI is InChI=1S/C46H65N3O8SSi/c1-45(2,3)56-43(51)47-27-18-9-10-19-28-49(40-32-58(53,54)29-26-41(40)57-59(7,8)46(4,5)6)42(50)39(30-33-20-12-11-13-21-33)48-44(52)55-31-38-36-24-16-14-22-34(36)35-23-15-17-25-37(35)38/h11-17,20-25,38-41H,9-10,18-19,26-32H2,1-8H3,(H,47,51)(H,48,52)/t39-,40+,41-/m0/s1. The normalized spacial score (nSPS) is 18.2. The van der Waals surface area contributed by atoms with Crippen LogP contribution in [-0.2, 0) is 35.0 Å². The molecule has 1 aliphatic heterocycles. The Bertz CT molecular complexity index is 1970. The fourth-order valence-electron chi connectivity index (χ4n) is 7.66. The molecule has 0 spiro atoms. The van der Waals surface area contributed by atoms with E-state index in [4.69, 9.17) is 13.9 Å². The fourth-order valence-corrected chi connectivity index (χ4v) is 10.7. The third-order valence-corrected chi connectivity index (χ3v) is 17.9. The van der Waals surface area contributed by atoms with Crippen LogP contribution in [0.3, 0.4) is 0 Å². The highest BCUT2D eigenvalue weighted by molar-refractivity contribution is 7.91. The average Bonchev–Trinajstić information content (AvgIpc) is 3.48. The van der Waals surface area contributed by atoms with Crippen LogP contribution in [0.25, 0.3) is 11.1 Å². The Labute approximate surface area is 353 Å². The van der Waals surface area contributed by atoms with Crippen molar-refractivity contribution >= 4 is 36.2 Å². The molecule has 59 heavy (non-hydrogen) atoms. The quantitative estimate of drug-likeness (QED) is 0.108. The number of benzene rings is 3. The summed E-state index contributed by atoms with van der Waals surface area (Å²) >= 11 is 0. The van der Waals surface area contributed by atoms with Crippen LogP contribution in [0, 0.1) is 0 Å². The van der Waals surface area contributed by atoms with E-state index in [0.29, 0.717) is 19.4 Å². The van der Waals surface area contributed by atoms with Crippen molar-refractivity contribution < 1.29 is 36.7 Å². The third kappa shape index (κ3) is 12.7. The Morgan fingerprint density at radius 2 is 1.41 bits per heavy atom. The number of nitrogens with one attached hydrogen (secondary N) is 2. The number of amides is 3. The second kappa shape index (κ2) is 19.5. The summed E-state index contributed by atoms with van der Waals surface area (Å²) in [5, 5.41) is 5.58. The van der Waals surface area contributed by atoms with E-state index in [0.717, 1.165) is 40.7 Å². The maximum absolute atomic E-state index is 15.1. The first kappa shape index (κ1) is 45.9. The maximum Gasteiger partial charge on any atom is 0.407 e. The zero-order chi connectivity index (χ0) is 43.0. The summed E-state index contributed by atoms with van der Waals surface area (Å²) < 4.78 is 45.0. The number of unbranched alkanes of at least 4 members (excludes halogenated alkanes) is 3. The number of ether oxygens (including phenoxy) is 2. The molecular formula is C46H65N3O8SSi. The van der Waals surface area contributed by atoms with Gasteiger partial charge in [-0.1, -0.05) is 112 Å². The molecule has 3 aromatic rings. The predicted molar refractivity (Wildman–Crippen MR) is 236 cm³/mol. The van der Waals surface area contributed by atoms with Crippen LogP contribution >= 0.6 is 0 Å². The summed E-state index contributed by atoms with van der Waals surface area (Å²) in [5.41, 5.74) is 4.64. The molecule has 0 unspecified atom stereocenters. The number of hydrogen-bond donors (Lipinski definition) is 2. The summed E-state index contributed by atoms with van der Waals surface area (Å²) in [4.78, 5) is 42.7. The molecule has 0 aromatic heterocycles. The molecule has 3 amide bonds. The minimum absolute atomic E-state index is 0.0130. The van der Waals surface area contributed by atoms with Gasteiger partial charge in [0, 0.05) is 25.4 Å². The average molecular weight is 848 g/mol. The Hall–Kier alpha value is -4.20. The lowest BCUT2D eigenvalue weighted by Crippen LogP contribution is -2.61. The van der Waals surface area contributed by atoms with E-state index in [1.807, 2.05) is 75.4 Å². The monoisotopic (exact) mass is 847 g/mol. The SMILES string of the molecule is CC(C)(C)OC(=O)NCCCCCCN(C(=O)[C@H](Cc1ccccc1)NC(=O)OCC1c2ccccc2-c2ccccc21)[C@@H]1CS(=O)(=O)CC[C@@H]1O[Si](C)(C)C(C)(C)C. The second-order valence-corrected chi connectivity index (χ2v) is 25.5. The molecule has 1 saturated heterocycles. The molecule has 322 valence electrons. The first-order valence-electron chi connectivity index (χ1n) is 21.1. The van der Waals surface area contributed by atoms with Crippen molar-refractivity contribution in [3.63, 3.8) is 0 Å². The van der Waals surface area contributed by atoms with Crippen molar-refractivity contribution in [1.82, 2.24) is 15.5 Å². The minimum atomic E-state index is -3.50. The molecule has 0 bridgehead atoms. The zero-order valence-electron chi connectivity index (χ0n) is 36.2. The molecule has 5 rings (SSSR count). The van der Waals surface area contributed by atoms with Gasteiger partial charge in [0.1, 0.15) is 18.2 Å². The van der Waals surface area contributed by atoms with Crippen molar-refractivity contribution in [3.05, 3.63) is 95.6 Å². The Morgan fingerprint density at radius 1 is 0.814 bits per heavy atom. The van der Waals surface area contributed by atoms with Gasteiger partial charge in [0.2, 0.25) is 5.91 Å². The highest BCUT2D eigenvalue weighted by Crippen LogP contribution is 2.44. The van der Waals surface area contributed by atoms with Crippen LogP contribution < -0.4 is 10.6 Å². The first-order chi connectivity index (χ1) is 27.7. The lowest BCUT2D eigenvalue weighted by atomic mass is 9.98. The molecule has 2 N–H and O–H groups in total. The second-order valence-electron chi connectivity index (χ2n) is 18.5. The lowest BCUT2D eigenvalue weighted by Gasteiger charge is -2.46. The van der Waals surface area contributed by atoms with E-state index >= 15 is 4.79 Å². The van der Waals surface area contributed by atoms with Gasteiger partial charge in [-0.15, -0.1) is 0 Å². The number of carbonyl (C=O) groups is 3. The smallest absolute Gasteiger partial charge is 0.407 e. The largest absolute Gasteiger partial charge is 0.449 e. The van der Waals surface area contributed by atoms with E-state index < -0.39 is 54.1 Å². The molecular weight excluding hydrogens is 783 g/mol. The molecule has 0 saturated carbocycles. The highest BCUT2D eigenvalue weighted by Gasteiger charge is 2.46. The van der Waals surface area contributed by atoms with Gasteiger partial charge in [0.15, 0.2) is 18.2 Å². The molecule has 0 radical (unpaired) electrons. The Morgan fingerprint density at radius 3 is 2.02 bits per heavy atom. The van der Waals surface area contributed by atoms with Gasteiger partial charge in [-0.2, -0.15) is 0 Å².